The number of sulfonamides is 1. The number of ether oxygens (including phenoxy) is 1. The fourth-order valence-corrected chi connectivity index (χ4v) is 4.32. The van der Waals surface area contributed by atoms with Gasteiger partial charge in [-0.15, -0.1) is 10.2 Å². The van der Waals surface area contributed by atoms with Crippen molar-refractivity contribution in [2.24, 2.45) is 0 Å². The second-order valence-corrected chi connectivity index (χ2v) is 8.25. The Hall–Kier alpha value is -3.73. The molecule has 154 valence electrons. The Balaban J connectivity index is 1.45. The monoisotopic (exact) mass is 425 g/mol. The van der Waals surface area contributed by atoms with Crippen LogP contribution in [0.15, 0.2) is 53.6 Å². The fourth-order valence-electron chi connectivity index (χ4n) is 2.89. The molecular weight excluding hydrogens is 406 g/mol. The molecule has 0 atom stereocenters. The van der Waals surface area contributed by atoms with E-state index in [1.165, 1.54) is 0 Å². The van der Waals surface area contributed by atoms with Crippen molar-refractivity contribution in [3.63, 3.8) is 0 Å². The molecule has 0 saturated heterocycles. The van der Waals surface area contributed by atoms with Gasteiger partial charge in [-0.3, -0.25) is 9.82 Å². The van der Waals surface area contributed by atoms with Gasteiger partial charge in [-0.2, -0.15) is 10.2 Å². The number of aromatic nitrogens is 6. The van der Waals surface area contributed by atoms with Gasteiger partial charge >= 0.3 is 0 Å². The number of aryl methyl sites for hydroxylation is 3. The zero-order chi connectivity index (χ0) is 21.3. The number of nitrogens with one attached hydrogen (secondary N) is 2. The summed E-state index contributed by atoms with van der Waals surface area (Å²) in [4.78, 5) is 0.144. The van der Waals surface area contributed by atoms with Crippen LogP contribution in [0.3, 0.4) is 0 Å². The molecule has 4 aromatic rings. The van der Waals surface area contributed by atoms with Crippen LogP contribution in [0.2, 0.25) is 0 Å². The number of rotatable bonds is 6. The van der Waals surface area contributed by atoms with Crippen molar-refractivity contribution in [3.05, 3.63) is 65.7 Å². The maximum Gasteiger partial charge on any atom is 0.265 e. The summed E-state index contributed by atoms with van der Waals surface area (Å²) in [6.45, 7) is 5.18. The molecule has 0 aliphatic rings. The first-order valence-electron chi connectivity index (χ1n) is 9.00. The van der Waals surface area contributed by atoms with Crippen molar-refractivity contribution in [2.45, 2.75) is 25.7 Å². The van der Waals surface area contributed by atoms with Crippen LogP contribution in [-0.2, 0) is 10.0 Å². The average Bonchev–Trinajstić information content (AvgIpc) is 3.29. The largest absolute Gasteiger partial charge is 0.438 e. The predicted molar refractivity (Wildman–Crippen MR) is 109 cm³/mol. The van der Waals surface area contributed by atoms with Crippen LogP contribution in [0.1, 0.15) is 17.1 Å². The van der Waals surface area contributed by atoms with Crippen molar-refractivity contribution >= 4 is 15.7 Å². The van der Waals surface area contributed by atoms with E-state index >= 15 is 0 Å². The normalized spacial score (nSPS) is 11.4. The van der Waals surface area contributed by atoms with Crippen LogP contribution < -0.4 is 9.46 Å². The molecule has 0 fully saturated rings. The van der Waals surface area contributed by atoms with E-state index < -0.39 is 10.0 Å². The van der Waals surface area contributed by atoms with E-state index in [-0.39, 0.29) is 4.90 Å². The molecule has 0 saturated carbocycles. The lowest BCUT2D eigenvalue weighted by atomic mass is 10.3. The van der Waals surface area contributed by atoms with E-state index in [4.69, 9.17) is 4.74 Å². The van der Waals surface area contributed by atoms with E-state index in [9.17, 15) is 8.42 Å². The van der Waals surface area contributed by atoms with Gasteiger partial charge in [-0.1, -0.05) is 0 Å². The topological polar surface area (TPSA) is 128 Å². The first-order valence-corrected chi connectivity index (χ1v) is 10.5. The zero-order valence-electron chi connectivity index (χ0n) is 16.5. The van der Waals surface area contributed by atoms with E-state index in [1.807, 2.05) is 13.0 Å². The van der Waals surface area contributed by atoms with Gasteiger partial charge in [-0.05, 0) is 57.2 Å². The Morgan fingerprint density at radius 1 is 1.00 bits per heavy atom. The molecule has 2 N–H and O–H groups in total. The Kier molecular flexibility index (Phi) is 4.96. The number of nitrogens with zero attached hydrogens (tertiary/aromatic N) is 5. The molecule has 0 radical (unpaired) electrons. The molecule has 0 aliphatic carbocycles. The van der Waals surface area contributed by atoms with Gasteiger partial charge in [0, 0.05) is 18.0 Å². The highest BCUT2D eigenvalue weighted by Crippen LogP contribution is 2.24. The molecule has 0 bridgehead atoms. The summed E-state index contributed by atoms with van der Waals surface area (Å²) in [5.74, 6) is 1.37. The van der Waals surface area contributed by atoms with Crippen molar-refractivity contribution in [2.75, 3.05) is 4.72 Å². The lowest BCUT2D eigenvalue weighted by molar-refractivity contribution is 0.454. The van der Waals surface area contributed by atoms with Crippen LogP contribution in [0, 0.1) is 20.8 Å². The van der Waals surface area contributed by atoms with Crippen molar-refractivity contribution < 1.29 is 13.2 Å². The summed E-state index contributed by atoms with van der Waals surface area (Å²) < 4.78 is 35.0. The highest BCUT2D eigenvalue weighted by molar-refractivity contribution is 7.92. The Morgan fingerprint density at radius 3 is 2.33 bits per heavy atom. The molecule has 0 aliphatic heterocycles. The second-order valence-electron chi connectivity index (χ2n) is 6.63. The van der Waals surface area contributed by atoms with E-state index in [0.717, 1.165) is 5.69 Å². The predicted octanol–water partition coefficient (Wildman–Crippen LogP) is 2.90. The molecule has 3 aromatic heterocycles. The molecule has 10 nitrogen and oxygen atoms in total. The van der Waals surface area contributed by atoms with E-state index in [0.29, 0.717) is 34.5 Å². The minimum Gasteiger partial charge on any atom is -0.438 e. The van der Waals surface area contributed by atoms with Gasteiger partial charge in [0.1, 0.15) is 10.6 Å². The zero-order valence-corrected chi connectivity index (χ0v) is 17.3. The Labute approximate surface area is 173 Å². The maximum absolute atomic E-state index is 12.6. The molecule has 4 rings (SSSR count). The van der Waals surface area contributed by atoms with E-state index in [1.54, 1.807) is 61.1 Å². The van der Waals surface area contributed by atoms with Crippen LogP contribution in [-0.4, -0.2) is 38.6 Å². The summed E-state index contributed by atoms with van der Waals surface area (Å²) in [7, 11) is -3.75. The number of H-pyrrole nitrogens is 1. The van der Waals surface area contributed by atoms with E-state index in [2.05, 4.69) is 30.2 Å². The van der Waals surface area contributed by atoms with Crippen LogP contribution in [0.5, 0.6) is 11.6 Å². The first-order chi connectivity index (χ1) is 14.3. The molecule has 0 amide bonds. The van der Waals surface area contributed by atoms with Crippen LogP contribution in [0.25, 0.3) is 5.82 Å². The SMILES string of the molecule is Cc1ccn(-c2ccc(Oc3ccc(NS(=O)(=O)c4c(C)n[nH]c4C)cc3)nn2)n1. The molecular formula is C19H19N7O3S. The minimum atomic E-state index is -3.75. The quantitative estimate of drug-likeness (QED) is 0.486. The Morgan fingerprint density at radius 2 is 1.77 bits per heavy atom. The third-order valence-electron chi connectivity index (χ3n) is 4.24. The van der Waals surface area contributed by atoms with Crippen molar-refractivity contribution in [3.8, 4) is 17.4 Å². The number of anilines is 1. The van der Waals surface area contributed by atoms with Crippen LogP contribution in [0.4, 0.5) is 5.69 Å². The summed E-state index contributed by atoms with van der Waals surface area (Å²) in [5, 5.41) is 19.0. The first kappa shape index (κ1) is 19.6. The standard InChI is InChI=1S/C19H19N7O3S/c1-12-10-11-26(24-12)17-8-9-18(23-22-17)29-16-6-4-15(5-7-16)25-30(27,28)19-13(2)20-21-14(19)3/h4-11,25H,1-3H3,(H,20,21). The number of benzene rings is 1. The summed E-state index contributed by atoms with van der Waals surface area (Å²) in [6.07, 6.45) is 1.80. The smallest absolute Gasteiger partial charge is 0.265 e. The van der Waals surface area contributed by atoms with Crippen LogP contribution >= 0.6 is 0 Å². The fraction of sp³-hybridized carbons (Fsp3) is 0.158. The highest BCUT2D eigenvalue weighted by Gasteiger charge is 2.22. The van der Waals surface area contributed by atoms with Crippen molar-refractivity contribution in [1.82, 2.24) is 30.2 Å². The van der Waals surface area contributed by atoms with Gasteiger partial charge in [0.25, 0.3) is 10.0 Å². The highest BCUT2D eigenvalue weighted by atomic mass is 32.2. The summed E-state index contributed by atoms with van der Waals surface area (Å²) in [5.41, 5.74) is 2.17. The molecule has 1 aromatic carbocycles. The number of hydrogen-bond acceptors (Lipinski definition) is 7. The molecule has 30 heavy (non-hydrogen) atoms. The maximum atomic E-state index is 12.6. The van der Waals surface area contributed by atoms with Gasteiger partial charge < -0.3 is 4.74 Å². The summed E-state index contributed by atoms with van der Waals surface area (Å²) in [6, 6.07) is 11.8. The van der Waals surface area contributed by atoms with Gasteiger partial charge in [0.05, 0.1) is 17.1 Å². The Bertz CT molecular complexity index is 1260. The van der Waals surface area contributed by atoms with Gasteiger partial charge in [-0.25, -0.2) is 13.1 Å². The minimum absolute atomic E-state index is 0.144. The number of aromatic amines is 1. The van der Waals surface area contributed by atoms with Gasteiger partial charge in [0.2, 0.25) is 5.88 Å². The lowest BCUT2D eigenvalue weighted by Gasteiger charge is -2.09. The number of hydrogen-bond donors (Lipinski definition) is 2. The van der Waals surface area contributed by atoms with Gasteiger partial charge in [0.15, 0.2) is 5.82 Å². The third kappa shape index (κ3) is 4.01. The average molecular weight is 425 g/mol. The van der Waals surface area contributed by atoms with Crippen molar-refractivity contribution in [1.29, 1.82) is 0 Å². The second kappa shape index (κ2) is 7.59. The molecule has 11 heteroatoms. The molecule has 0 spiro atoms. The molecule has 0 unspecified atom stereocenters. The lowest BCUT2D eigenvalue weighted by Crippen LogP contribution is -2.14. The summed E-state index contributed by atoms with van der Waals surface area (Å²) >= 11 is 0. The molecule has 3 heterocycles. The third-order valence-corrected chi connectivity index (χ3v) is 5.88.